The lowest BCUT2D eigenvalue weighted by atomic mass is 10.0. The number of carboxylic acid groups (broad SMARTS) is 1. The van der Waals surface area contributed by atoms with Gasteiger partial charge >= 0.3 is 5.97 Å². The highest BCUT2D eigenvalue weighted by Gasteiger charge is 2.32. The van der Waals surface area contributed by atoms with E-state index in [4.69, 9.17) is 0 Å². The first-order valence-corrected chi connectivity index (χ1v) is 8.54. The Kier molecular flexibility index (Phi) is 3.46. The van der Waals surface area contributed by atoms with E-state index in [-0.39, 0.29) is 17.5 Å². The highest BCUT2D eigenvalue weighted by Crippen LogP contribution is 2.26. The van der Waals surface area contributed by atoms with E-state index in [0.717, 1.165) is 10.9 Å². The van der Waals surface area contributed by atoms with Crippen molar-refractivity contribution in [2.24, 2.45) is 0 Å². The Labute approximate surface area is 122 Å². The van der Waals surface area contributed by atoms with E-state index < -0.39 is 21.8 Å². The summed E-state index contributed by atoms with van der Waals surface area (Å²) in [6.45, 7) is 0. The fraction of sp³-hybridized carbons (Fsp3) is 0.357. The van der Waals surface area contributed by atoms with Gasteiger partial charge in [-0.05, 0) is 12.5 Å². The van der Waals surface area contributed by atoms with Gasteiger partial charge in [0.15, 0.2) is 9.84 Å². The number of carboxylic acids is 1. The number of nitrogens with one attached hydrogen (secondary N) is 2. The zero-order valence-electron chi connectivity index (χ0n) is 11.2. The molecule has 112 valence electrons. The van der Waals surface area contributed by atoms with E-state index in [9.17, 15) is 18.3 Å². The molecule has 0 radical (unpaired) electrons. The Hall–Kier alpha value is -1.86. The molecular formula is C14H16N2O4S. The number of para-hydroxylation sites is 1. The van der Waals surface area contributed by atoms with Crippen LogP contribution in [0.5, 0.6) is 0 Å². The number of aromatic amines is 1. The normalized spacial score (nSPS) is 22.4. The number of benzene rings is 1. The number of aliphatic carboxylic acids is 1. The van der Waals surface area contributed by atoms with Crippen LogP contribution in [0.3, 0.4) is 0 Å². The molecule has 2 aromatic rings. The molecule has 7 heteroatoms. The van der Waals surface area contributed by atoms with Crippen LogP contribution >= 0.6 is 0 Å². The molecule has 3 N–H and O–H groups in total. The number of hydrogen-bond acceptors (Lipinski definition) is 4. The highest BCUT2D eigenvalue weighted by molar-refractivity contribution is 7.91. The molecule has 2 atom stereocenters. The second kappa shape index (κ2) is 5.16. The summed E-state index contributed by atoms with van der Waals surface area (Å²) < 4.78 is 23.0. The summed E-state index contributed by atoms with van der Waals surface area (Å²) in [7, 11) is -3.04. The monoisotopic (exact) mass is 308 g/mol. The maximum atomic E-state index is 11.6. The minimum atomic E-state index is -3.04. The van der Waals surface area contributed by atoms with Gasteiger partial charge in [0.05, 0.1) is 11.5 Å². The van der Waals surface area contributed by atoms with Crippen LogP contribution in [-0.2, 0) is 14.6 Å². The van der Waals surface area contributed by atoms with Crippen molar-refractivity contribution >= 4 is 26.7 Å². The van der Waals surface area contributed by atoms with Gasteiger partial charge in [0.1, 0.15) is 6.04 Å². The number of H-pyrrole nitrogens is 1. The molecule has 1 saturated heterocycles. The summed E-state index contributed by atoms with van der Waals surface area (Å²) in [5.74, 6) is -0.895. The fourth-order valence-corrected chi connectivity index (χ4v) is 4.48. The third-order valence-electron chi connectivity index (χ3n) is 3.81. The Morgan fingerprint density at radius 1 is 1.38 bits per heavy atom. The largest absolute Gasteiger partial charge is 0.480 e. The minimum Gasteiger partial charge on any atom is -0.480 e. The van der Waals surface area contributed by atoms with E-state index in [1.807, 2.05) is 24.3 Å². The standard InChI is InChI=1S/C14H16N2O4S/c17-14(18)13(16-9-5-6-21(19,20)8-9)11-7-15-12-4-2-1-3-10(11)12/h1-4,7,9,13,15-16H,5-6,8H2,(H,17,18)/t9-,13-/m0/s1. The first-order chi connectivity index (χ1) is 9.96. The van der Waals surface area contributed by atoms with Crippen LogP contribution < -0.4 is 5.32 Å². The van der Waals surface area contributed by atoms with E-state index in [0.29, 0.717) is 12.0 Å². The molecule has 0 amide bonds. The fourth-order valence-electron chi connectivity index (χ4n) is 2.79. The number of rotatable bonds is 4. The van der Waals surface area contributed by atoms with Crippen LogP contribution in [0.4, 0.5) is 0 Å². The minimum absolute atomic E-state index is 0.000858. The Bertz CT molecular complexity index is 781. The van der Waals surface area contributed by atoms with Crippen molar-refractivity contribution in [3.8, 4) is 0 Å². The van der Waals surface area contributed by atoms with Crippen LogP contribution in [0.15, 0.2) is 30.5 Å². The van der Waals surface area contributed by atoms with Crippen LogP contribution in [0.25, 0.3) is 10.9 Å². The summed E-state index contributed by atoms with van der Waals surface area (Å²) in [5, 5.41) is 13.3. The maximum Gasteiger partial charge on any atom is 0.325 e. The summed E-state index contributed by atoms with van der Waals surface area (Å²) >= 11 is 0. The second-order valence-corrected chi connectivity index (χ2v) is 7.56. The van der Waals surface area contributed by atoms with E-state index >= 15 is 0 Å². The number of aromatic nitrogens is 1. The Morgan fingerprint density at radius 2 is 2.14 bits per heavy atom. The second-order valence-electron chi connectivity index (χ2n) is 5.33. The summed E-state index contributed by atoms with van der Waals surface area (Å²) in [6, 6.07) is 6.21. The molecule has 0 aliphatic carbocycles. The quantitative estimate of drug-likeness (QED) is 0.784. The number of sulfone groups is 1. The van der Waals surface area contributed by atoms with Crippen molar-refractivity contribution in [3.05, 3.63) is 36.0 Å². The average molecular weight is 308 g/mol. The van der Waals surface area contributed by atoms with Crippen LogP contribution in [0.2, 0.25) is 0 Å². The Morgan fingerprint density at radius 3 is 2.81 bits per heavy atom. The Balaban J connectivity index is 1.90. The maximum absolute atomic E-state index is 11.6. The number of hydrogen-bond donors (Lipinski definition) is 3. The van der Waals surface area contributed by atoms with Crippen LogP contribution in [0.1, 0.15) is 18.0 Å². The molecule has 3 rings (SSSR count). The number of fused-ring (bicyclic) bond motifs is 1. The van der Waals surface area contributed by atoms with Gasteiger partial charge < -0.3 is 10.1 Å². The lowest BCUT2D eigenvalue weighted by Gasteiger charge is -2.18. The van der Waals surface area contributed by atoms with Gasteiger partial charge in [-0.3, -0.25) is 10.1 Å². The molecule has 2 heterocycles. The van der Waals surface area contributed by atoms with Gasteiger partial charge in [0, 0.05) is 28.7 Å². The number of carbonyl (C=O) groups is 1. The molecule has 0 unspecified atom stereocenters. The lowest BCUT2D eigenvalue weighted by Crippen LogP contribution is -2.37. The predicted octanol–water partition coefficient (Wildman–Crippen LogP) is 1.07. The van der Waals surface area contributed by atoms with Crippen molar-refractivity contribution in [2.75, 3.05) is 11.5 Å². The van der Waals surface area contributed by atoms with Crippen molar-refractivity contribution in [1.82, 2.24) is 10.3 Å². The van der Waals surface area contributed by atoms with Gasteiger partial charge in [-0.2, -0.15) is 0 Å². The molecular weight excluding hydrogens is 292 g/mol. The molecule has 1 aliphatic heterocycles. The molecule has 0 saturated carbocycles. The van der Waals surface area contributed by atoms with Crippen molar-refractivity contribution in [1.29, 1.82) is 0 Å². The molecule has 1 aliphatic rings. The molecule has 6 nitrogen and oxygen atoms in total. The van der Waals surface area contributed by atoms with Gasteiger partial charge in [-0.25, -0.2) is 8.42 Å². The van der Waals surface area contributed by atoms with Crippen molar-refractivity contribution in [3.63, 3.8) is 0 Å². The SMILES string of the molecule is O=C(O)[C@@H](N[C@H]1CCS(=O)(=O)C1)c1c[nH]c2ccccc12. The zero-order valence-corrected chi connectivity index (χ0v) is 12.1. The summed E-state index contributed by atoms with van der Waals surface area (Å²) in [5.41, 5.74) is 1.49. The van der Waals surface area contributed by atoms with E-state index in [1.54, 1.807) is 6.20 Å². The third-order valence-corrected chi connectivity index (χ3v) is 5.58. The zero-order chi connectivity index (χ0) is 15.0. The molecule has 21 heavy (non-hydrogen) atoms. The third kappa shape index (κ3) is 2.79. The van der Waals surface area contributed by atoms with E-state index in [1.165, 1.54) is 0 Å². The summed E-state index contributed by atoms with van der Waals surface area (Å²) in [4.78, 5) is 14.6. The first kappa shape index (κ1) is 14.1. The first-order valence-electron chi connectivity index (χ1n) is 6.71. The molecule has 0 spiro atoms. The predicted molar refractivity (Wildman–Crippen MR) is 78.9 cm³/mol. The van der Waals surface area contributed by atoms with E-state index in [2.05, 4.69) is 10.3 Å². The topological polar surface area (TPSA) is 99.3 Å². The van der Waals surface area contributed by atoms with Gasteiger partial charge in [-0.1, -0.05) is 18.2 Å². The lowest BCUT2D eigenvalue weighted by molar-refractivity contribution is -0.139. The highest BCUT2D eigenvalue weighted by atomic mass is 32.2. The van der Waals surface area contributed by atoms with Crippen LogP contribution in [0, 0.1) is 0 Å². The van der Waals surface area contributed by atoms with Gasteiger partial charge in [0.25, 0.3) is 0 Å². The summed E-state index contributed by atoms with van der Waals surface area (Å²) in [6.07, 6.45) is 2.12. The molecule has 1 fully saturated rings. The molecule has 1 aromatic carbocycles. The molecule has 0 bridgehead atoms. The van der Waals surface area contributed by atoms with Gasteiger partial charge in [-0.15, -0.1) is 0 Å². The van der Waals surface area contributed by atoms with Gasteiger partial charge in [0.2, 0.25) is 0 Å². The van der Waals surface area contributed by atoms with Crippen molar-refractivity contribution < 1.29 is 18.3 Å². The smallest absolute Gasteiger partial charge is 0.325 e. The van der Waals surface area contributed by atoms with Crippen molar-refractivity contribution in [2.45, 2.75) is 18.5 Å². The molecule has 1 aromatic heterocycles. The average Bonchev–Trinajstić information content (AvgIpc) is 2.99. The van der Waals surface area contributed by atoms with Crippen LogP contribution in [-0.4, -0.2) is 42.0 Å².